The van der Waals surface area contributed by atoms with Crippen molar-refractivity contribution in [1.82, 2.24) is 0 Å². The van der Waals surface area contributed by atoms with E-state index < -0.39 is 11.5 Å². The lowest BCUT2D eigenvalue weighted by Crippen LogP contribution is -2.62. The third kappa shape index (κ3) is 5.77. The molecule has 5 heteroatoms. The van der Waals surface area contributed by atoms with Crippen LogP contribution >= 0.6 is 0 Å². The largest absolute Gasteiger partial charge is 0.462 e. The molecule has 0 aliphatic carbocycles. The van der Waals surface area contributed by atoms with Gasteiger partial charge in [-0.2, -0.15) is 0 Å². The van der Waals surface area contributed by atoms with E-state index in [1.165, 1.54) is 0 Å². The highest BCUT2D eigenvalue weighted by Crippen LogP contribution is 2.21. The molecule has 0 saturated heterocycles. The van der Waals surface area contributed by atoms with Crippen LogP contribution in [0.2, 0.25) is 0 Å². The van der Waals surface area contributed by atoms with Gasteiger partial charge >= 0.3 is 5.97 Å². The molecule has 0 spiro atoms. The second-order valence-corrected chi connectivity index (χ2v) is 6.22. The lowest BCUT2D eigenvalue weighted by Gasteiger charge is -2.37. The number of carbonyl (C=O) groups is 1. The lowest BCUT2D eigenvalue weighted by atomic mass is 9.91. The molecule has 0 amide bonds. The van der Waals surface area contributed by atoms with Crippen molar-refractivity contribution in [3.63, 3.8) is 0 Å². The molecule has 0 aromatic carbocycles. The number of esters is 1. The molecule has 0 aromatic rings. The van der Waals surface area contributed by atoms with E-state index in [0.717, 1.165) is 37.1 Å². The van der Waals surface area contributed by atoms with Crippen molar-refractivity contribution in [3.8, 4) is 0 Å². The summed E-state index contributed by atoms with van der Waals surface area (Å²) in [6.45, 7) is 14.3. The topological polar surface area (TPSA) is 74.2 Å². The van der Waals surface area contributed by atoms with E-state index in [1.807, 2.05) is 20.8 Å². The fourth-order valence-corrected chi connectivity index (χ4v) is 2.24. The SMILES string of the molecule is CCC(C)(C)C(=O)OCC(O)C[N+](CC)(CC)CC[NH3+]. The molecule has 4 N–H and O–H groups in total. The van der Waals surface area contributed by atoms with E-state index in [4.69, 9.17) is 4.74 Å². The molecule has 0 aliphatic heterocycles. The van der Waals surface area contributed by atoms with Crippen molar-refractivity contribution in [2.24, 2.45) is 5.41 Å². The molecular formula is C15H34N2O3+2. The van der Waals surface area contributed by atoms with Gasteiger partial charge < -0.3 is 20.1 Å². The number of carbonyl (C=O) groups excluding carboxylic acids is 1. The molecule has 0 saturated carbocycles. The molecule has 5 nitrogen and oxygen atoms in total. The highest BCUT2D eigenvalue weighted by Gasteiger charge is 2.30. The summed E-state index contributed by atoms with van der Waals surface area (Å²) >= 11 is 0. The number of hydrogen-bond donors (Lipinski definition) is 2. The predicted octanol–water partition coefficient (Wildman–Crippen LogP) is 0.425. The van der Waals surface area contributed by atoms with E-state index in [2.05, 4.69) is 19.6 Å². The van der Waals surface area contributed by atoms with Crippen LogP contribution in [0.1, 0.15) is 41.0 Å². The molecule has 1 atom stereocenters. The maximum atomic E-state index is 11.9. The molecule has 0 bridgehead atoms. The van der Waals surface area contributed by atoms with E-state index in [9.17, 15) is 9.90 Å². The Balaban J connectivity index is 4.41. The van der Waals surface area contributed by atoms with Gasteiger partial charge in [-0.25, -0.2) is 0 Å². The Morgan fingerprint density at radius 2 is 1.85 bits per heavy atom. The van der Waals surface area contributed by atoms with Crippen molar-refractivity contribution in [1.29, 1.82) is 0 Å². The van der Waals surface area contributed by atoms with Crippen molar-refractivity contribution in [2.75, 3.05) is 39.3 Å². The second kappa shape index (κ2) is 8.60. The highest BCUT2D eigenvalue weighted by molar-refractivity contribution is 5.75. The van der Waals surface area contributed by atoms with Gasteiger partial charge in [0, 0.05) is 0 Å². The Kier molecular flexibility index (Phi) is 8.32. The van der Waals surface area contributed by atoms with Crippen molar-refractivity contribution in [2.45, 2.75) is 47.1 Å². The van der Waals surface area contributed by atoms with Crippen molar-refractivity contribution in [3.05, 3.63) is 0 Å². The number of nitrogens with zero attached hydrogens (tertiary/aromatic N) is 1. The van der Waals surface area contributed by atoms with Crippen LogP contribution in [0.15, 0.2) is 0 Å². The van der Waals surface area contributed by atoms with Crippen LogP contribution in [-0.2, 0) is 9.53 Å². The average molecular weight is 290 g/mol. The zero-order chi connectivity index (χ0) is 15.8. The van der Waals surface area contributed by atoms with Gasteiger partial charge in [-0.15, -0.1) is 0 Å². The van der Waals surface area contributed by atoms with E-state index in [0.29, 0.717) is 6.54 Å². The van der Waals surface area contributed by atoms with E-state index in [1.54, 1.807) is 0 Å². The maximum absolute atomic E-state index is 11.9. The molecule has 1 unspecified atom stereocenters. The number of rotatable bonds is 10. The third-order valence-electron chi connectivity index (χ3n) is 4.42. The lowest BCUT2D eigenvalue weighted by molar-refractivity contribution is -0.931. The zero-order valence-electron chi connectivity index (χ0n) is 13.9. The van der Waals surface area contributed by atoms with Crippen LogP contribution in [-0.4, -0.2) is 61.0 Å². The Morgan fingerprint density at radius 3 is 2.25 bits per heavy atom. The number of aliphatic hydroxyl groups excluding tert-OH is 1. The number of quaternary nitrogens is 2. The molecule has 0 rings (SSSR count). The Bertz CT molecular complexity index is 289. The first kappa shape index (κ1) is 19.4. The van der Waals surface area contributed by atoms with Gasteiger partial charge in [0.05, 0.1) is 18.5 Å². The van der Waals surface area contributed by atoms with Crippen LogP contribution in [0, 0.1) is 5.41 Å². The summed E-state index contributed by atoms with van der Waals surface area (Å²) in [6, 6.07) is 0. The summed E-state index contributed by atoms with van der Waals surface area (Å²) < 4.78 is 6.08. The van der Waals surface area contributed by atoms with Gasteiger partial charge in [0.25, 0.3) is 0 Å². The predicted molar refractivity (Wildman–Crippen MR) is 79.9 cm³/mol. The van der Waals surface area contributed by atoms with E-state index >= 15 is 0 Å². The van der Waals surface area contributed by atoms with Crippen molar-refractivity contribution < 1.29 is 24.9 Å². The summed E-state index contributed by atoms with van der Waals surface area (Å²) in [6.07, 6.45) is 0.117. The van der Waals surface area contributed by atoms with Gasteiger partial charge in [-0.1, -0.05) is 6.92 Å². The van der Waals surface area contributed by atoms with Crippen molar-refractivity contribution >= 4 is 5.97 Å². The Hall–Kier alpha value is -0.650. The molecule has 0 aromatic heterocycles. The van der Waals surface area contributed by atoms with Gasteiger partial charge in [-0.05, 0) is 34.1 Å². The van der Waals surface area contributed by atoms with Crippen LogP contribution in [0.5, 0.6) is 0 Å². The van der Waals surface area contributed by atoms with E-state index in [-0.39, 0.29) is 12.6 Å². The van der Waals surface area contributed by atoms with Gasteiger partial charge in [0.15, 0.2) is 0 Å². The van der Waals surface area contributed by atoms with Gasteiger partial charge in [0.1, 0.15) is 32.3 Å². The number of aliphatic hydroxyl groups is 1. The summed E-state index contributed by atoms with van der Waals surface area (Å²) in [7, 11) is 0. The average Bonchev–Trinajstić information content (AvgIpc) is 2.43. The zero-order valence-corrected chi connectivity index (χ0v) is 13.9. The van der Waals surface area contributed by atoms with Crippen LogP contribution in [0.3, 0.4) is 0 Å². The van der Waals surface area contributed by atoms with Gasteiger partial charge in [0.2, 0.25) is 0 Å². The number of ether oxygens (including phenoxy) is 1. The molecule has 120 valence electrons. The minimum absolute atomic E-state index is 0.0827. The first-order valence-corrected chi connectivity index (χ1v) is 7.76. The minimum Gasteiger partial charge on any atom is -0.462 e. The molecule has 0 heterocycles. The van der Waals surface area contributed by atoms with Crippen LogP contribution in [0.4, 0.5) is 0 Å². The Morgan fingerprint density at radius 1 is 1.30 bits per heavy atom. The standard InChI is InChI=1S/C15H33N2O3/c1-6-15(4,5)14(19)20-12-13(18)11-17(7-2,8-3)10-9-16/h13,18H,6-12,16H2,1-5H3/q+1/p+1. The summed E-state index contributed by atoms with van der Waals surface area (Å²) in [5.74, 6) is -0.234. The normalized spacial score (nSPS) is 14.2. The number of hydrogen-bond acceptors (Lipinski definition) is 3. The minimum atomic E-state index is -0.613. The third-order valence-corrected chi connectivity index (χ3v) is 4.42. The Labute approximate surface area is 123 Å². The summed E-state index contributed by atoms with van der Waals surface area (Å²) in [5, 5.41) is 10.1. The first-order chi connectivity index (χ1) is 9.26. The van der Waals surface area contributed by atoms with Crippen LogP contribution < -0.4 is 5.73 Å². The number of likely N-dealkylation sites (N-methyl/N-ethyl adjacent to an activating group) is 1. The second-order valence-electron chi connectivity index (χ2n) is 6.22. The fraction of sp³-hybridized carbons (Fsp3) is 0.933. The summed E-state index contributed by atoms with van der Waals surface area (Å²) in [5.41, 5.74) is 3.43. The first-order valence-electron chi connectivity index (χ1n) is 7.76. The summed E-state index contributed by atoms with van der Waals surface area (Å²) in [4.78, 5) is 11.9. The fourth-order valence-electron chi connectivity index (χ4n) is 2.24. The van der Waals surface area contributed by atoms with Crippen LogP contribution in [0.25, 0.3) is 0 Å². The van der Waals surface area contributed by atoms with Gasteiger partial charge in [-0.3, -0.25) is 4.79 Å². The molecule has 0 aliphatic rings. The molecule has 20 heavy (non-hydrogen) atoms. The quantitative estimate of drug-likeness (QED) is 0.452. The smallest absolute Gasteiger partial charge is 0.311 e. The monoisotopic (exact) mass is 290 g/mol. The maximum Gasteiger partial charge on any atom is 0.311 e. The molecule has 0 radical (unpaired) electrons. The molecule has 0 fully saturated rings. The molecular weight excluding hydrogens is 256 g/mol. The highest BCUT2D eigenvalue weighted by atomic mass is 16.5.